The molecule has 4 rings (SSSR count). The van der Waals surface area contributed by atoms with E-state index in [-0.39, 0.29) is 11.0 Å². The molecule has 2 aromatic carbocycles. The molecule has 0 atom stereocenters. The predicted molar refractivity (Wildman–Crippen MR) is 124 cm³/mol. The second-order valence-corrected chi connectivity index (χ2v) is 7.22. The molecule has 2 heterocycles. The van der Waals surface area contributed by atoms with Crippen molar-refractivity contribution in [2.75, 3.05) is 11.9 Å². The third-order valence-corrected chi connectivity index (χ3v) is 4.78. The number of anilines is 1. The number of amides is 1. The van der Waals surface area contributed by atoms with Gasteiger partial charge in [0, 0.05) is 23.0 Å². The molecule has 0 unspecified atom stereocenters. The van der Waals surface area contributed by atoms with Crippen molar-refractivity contribution in [1.82, 2.24) is 15.3 Å². The molecule has 0 spiro atoms. The lowest BCUT2D eigenvalue weighted by atomic mass is 10.2. The van der Waals surface area contributed by atoms with Crippen LogP contribution in [-0.4, -0.2) is 27.6 Å². The summed E-state index contributed by atoms with van der Waals surface area (Å²) in [4.78, 5) is 21.0. The molecule has 0 saturated heterocycles. The fourth-order valence-electron chi connectivity index (χ4n) is 2.84. The van der Waals surface area contributed by atoms with Gasteiger partial charge in [-0.3, -0.25) is 10.1 Å². The van der Waals surface area contributed by atoms with Gasteiger partial charge >= 0.3 is 0 Å². The SMILES string of the molecule is CCOc1ccc(C(=O)NC(=S)Nc2ccc(-c3nc4ncccc4o3)cc2)cc1Cl. The molecular formula is C22H17ClN4O3S. The van der Waals surface area contributed by atoms with E-state index in [0.29, 0.717) is 45.8 Å². The Balaban J connectivity index is 1.39. The topological polar surface area (TPSA) is 89.3 Å². The lowest BCUT2D eigenvalue weighted by Crippen LogP contribution is -2.34. The molecule has 2 aromatic heterocycles. The van der Waals surface area contributed by atoms with E-state index in [1.165, 1.54) is 6.07 Å². The number of rotatable bonds is 5. The van der Waals surface area contributed by atoms with Gasteiger partial charge < -0.3 is 14.5 Å². The van der Waals surface area contributed by atoms with Crippen molar-refractivity contribution >= 4 is 51.8 Å². The minimum atomic E-state index is -0.377. The van der Waals surface area contributed by atoms with Crippen LogP contribution in [0.5, 0.6) is 5.75 Å². The average molecular weight is 453 g/mol. The summed E-state index contributed by atoms with van der Waals surface area (Å²) in [5.74, 6) is 0.623. The number of aromatic nitrogens is 2. The first kappa shape index (κ1) is 20.8. The van der Waals surface area contributed by atoms with Crippen molar-refractivity contribution in [3.05, 3.63) is 71.4 Å². The molecular weight excluding hydrogens is 436 g/mol. The van der Waals surface area contributed by atoms with Gasteiger partial charge in [-0.1, -0.05) is 11.6 Å². The van der Waals surface area contributed by atoms with Gasteiger partial charge in [-0.15, -0.1) is 0 Å². The number of oxazole rings is 1. The van der Waals surface area contributed by atoms with Gasteiger partial charge in [-0.05, 0) is 73.7 Å². The molecule has 0 aliphatic rings. The Hall–Kier alpha value is -3.49. The minimum absolute atomic E-state index is 0.161. The number of fused-ring (bicyclic) bond motifs is 1. The van der Waals surface area contributed by atoms with Crippen molar-refractivity contribution in [2.45, 2.75) is 6.92 Å². The monoisotopic (exact) mass is 452 g/mol. The highest BCUT2D eigenvalue weighted by Gasteiger charge is 2.12. The van der Waals surface area contributed by atoms with E-state index in [9.17, 15) is 4.79 Å². The summed E-state index contributed by atoms with van der Waals surface area (Å²) in [5.41, 5.74) is 3.05. The first-order valence-electron chi connectivity index (χ1n) is 9.40. The van der Waals surface area contributed by atoms with Crippen LogP contribution >= 0.6 is 23.8 Å². The Morgan fingerprint density at radius 2 is 2.00 bits per heavy atom. The van der Waals surface area contributed by atoms with Gasteiger partial charge in [-0.25, -0.2) is 4.98 Å². The summed E-state index contributed by atoms with van der Waals surface area (Å²) < 4.78 is 11.1. The summed E-state index contributed by atoms with van der Waals surface area (Å²) in [6, 6.07) is 15.7. The van der Waals surface area contributed by atoms with E-state index in [0.717, 1.165) is 5.56 Å². The van der Waals surface area contributed by atoms with Gasteiger partial charge in [0.15, 0.2) is 16.3 Å². The molecule has 156 valence electrons. The lowest BCUT2D eigenvalue weighted by Gasteiger charge is -2.11. The number of benzene rings is 2. The van der Waals surface area contributed by atoms with Gasteiger partial charge in [0.25, 0.3) is 5.91 Å². The Morgan fingerprint density at radius 3 is 2.71 bits per heavy atom. The van der Waals surface area contributed by atoms with Crippen molar-refractivity contribution in [3.8, 4) is 17.2 Å². The quantitative estimate of drug-likeness (QED) is 0.408. The molecule has 0 aliphatic heterocycles. The number of hydrogen-bond acceptors (Lipinski definition) is 6. The van der Waals surface area contributed by atoms with Crippen LogP contribution in [0, 0.1) is 0 Å². The van der Waals surface area contributed by atoms with E-state index in [1.54, 1.807) is 24.4 Å². The first-order chi connectivity index (χ1) is 15.0. The third-order valence-electron chi connectivity index (χ3n) is 4.28. The van der Waals surface area contributed by atoms with Crippen LogP contribution in [0.4, 0.5) is 5.69 Å². The molecule has 2 N–H and O–H groups in total. The average Bonchev–Trinajstić information content (AvgIpc) is 3.20. The van der Waals surface area contributed by atoms with E-state index >= 15 is 0 Å². The predicted octanol–water partition coefficient (Wildman–Crippen LogP) is 5.07. The zero-order chi connectivity index (χ0) is 21.8. The molecule has 31 heavy (non-hydrogen) atoms. The van der Waals surface area contributed by atoms with Crippen LogP contribution in [-0.2, 0) is 0 Å². The Labute approximate surface area is 188 Å². The number of nitrogens with one attached hydrogen (secondary N) is 2. The molecule has 0 fully saturated rings. The summed E-state index contributed by atoms with van der Waals surface area (Å²) in [7, 11) is 0. The number of carbonyl (C=O) groups is 1. The van der Waals surface area contributed by atoms with Gasteiger partial charge in [0.05, 0.1) is 11.6 Å². The molecule has 0 saturated carbocycles. The van der Waals surface area contributed by atoms with Crippen LogP contribution in [0.15, 0.2) is 65.2 Å². The highest BCUT2D eigenvalue weighted by atomic mass is 35.5. The van der Waals surface area contributed by atoms with E-state index in [4.69, 9.17) is 33.0 Å². The minimum Gasteiger partial charge on any atom is -0.492 e. The first-order valence-corrected chi connectivity index (χ1v) is 10.2. The molecule has 7 nitrogen and oxygen atoms in total. The van der Waals surface area contributed by atoms with Crippen LogP contribution in [0.25, 0.3) is 22.7 Å². The number of hydrogen-bond donors (Lipinski definition) is 2. The number of thiocarbonyl (C=S) groups is 1. The fraction of sp³-hybridized carbons (Fsp3) is 0.0909. The normalized spacial score (nSPS) is 10.6. The van der Waals surface area contributed by atoms with Crippen LogP contribution < -0.4 is 15.4 Å². The maximum atomic E-state index is 12.4. The van der Waals surface area contributed by atoms with Crippen LogP contribution in [0.2, 0.25) is 5.02 Å². The Kier molecular flexibility index (Phi) is 6.11. The smallest absolute Gasteiger partial charge is 0.257 e. The number of halogens is 1. The zero-order valence-corrected chi connectivity index (χ0v) is 18.0. The molecule has 4 aromatic rings. The standard InChI is InChI=1S/C22H17ClN4O3S/c1-2-29-17-10-7-14(12-16(17)23)20(28)27-22(31)25-15-8-5-13(6-9-15)21-26-19-18(30-21)4-3-11-24-19/h3-12H,2H2,1H3,(H2,25,27,28,31). The van der Waals surface area contributed by atoms with Crippen molar-refractivity contribution in [2.24, 2.45) is 0 Å². The van der Waals surface area contributed by atoms with Crippen LogP contribution in [0.1, 0.15) is 17.3 Å². The number of nitrogens with zero attached hydrogens (tertiary/aromatic N) is 2. The fourth-order valence-corrected chi connectivity index (χ4v) is 3.29. The summed E-state index contributed by atoms with van der Waals surface area (Å²) in [5, 5.41) is 6.12. The molecule has 1 amide bonds. The number of pyridine rings is 1. The van der Waals surface area contributed by atoms with Gasteiger partial charge in [0.2, 0.25) is 5.89 Å². The van der Waals surface area contributed by atoms with Gasteiger partial charge in [0.1, 0.15) is 5.75 Å². The molecule has 0 aliphatic carbocycles. The zero-order valence-electron chi connectivity index (χ0n) is 16.4. The van der Waals surface area contributed by atoms with E-state index < -0.39 is 0 Å². The van der Waals surface area contributed by atoms with E-state index in [2.05, 4.69) is 20.6 Å². The summed E-state index contributed by atoms with van der Waals surface area (Å²) in [6.07, 6.45) is 1.66. The summed E-state index contributed by atoms with van der Waals surface area (Å²) in [6.45, 7) is 2.35. The van der Waals surface area contributed by atoms with Crippen molar-refractivity contribution in [1.29, 1.82) is 0 Å². The van der Waals surface area contributed by atoms with Crippen molar-refractivity contribution in [3.63, 3.8) is 0 Å². The Morgan fingerprint density at radius 1 is 1.19 bits per heavy atom. The highest BCUT2D eigenvalue weighted by Crippen LogP contribution is 2.26. The highest BCUT2D eigenvalue weighted by molar-refractivity contribution is 7.80. The van der Waals surface area contributed by atoms with E-state index in [1.807, 2.05) is 37.3 Å². The van der Waals surface area contributed by atoms with Gasteiger partial charge in [-0.2, -0.15) is 4.98 Å². The molecule has 0 bridgehead atoms. The lowest BCUT2D eigenvalue weighted by molar-refractivity contribution is 0.0977. The largest absolute Gasteiger partial charge is 0.492 e. The molecule has 9 heteroatoms. The maximum Gasteiger partial charge on any atom is 0.257 e. The summed E-state index contributed by atoms with van der Waals surface area (Å²) >= 11 is 11.4. The Bertz CT molecular complexity index is 1220. The second kappa shape index (κ2) is 9.11. The molecule has 0 radical (unpaired) electrons. The number of carbonyl (C=O) groups excluding carboxylic acids is 1. The third kappa shape index (κ3) is 4.82. The maximum absolute atomic E-state index is 12.4. The second-order valence-electron chi connectivity index (χ2n) is 6.41. The van der Waals surface area contributed by atoms with Crippen LogP contribution in [0.3, 0.4) is 0 Å². The number of ether oxygens (including phenoxy) is 1. The van der Waals surface area contributed by atoms with Crippen molar-refractivity contribution < 1.29 is 13.9 Å².